The predicted octanol–water partition coefficient (Wildman–Crippen LogP) is 1.83. The third-order valence-corrected chi connectivity index (χ3v) is 1.63. The third-order valence-electron chi connectivity index (χ3n) is 0.798. The summed E-state index contributed by atoms with van der Waals surface area (Å²) in [5.41, 5.74) is 0. The SMILES string of the molecule is CC1(F)OC1(Cl)Cl. The molecule has 0 aromatic carbocycles. The Labute approximate surface area is 50.3 Å². The van der Waals surface area contributed by atoms with Crippen molar-refractivity contribution in [3.63, 3.8) is 0 Å². The van der Waals surface area contributed by atoms with Gasteiger partial charge in [0.2, 0.25) is 0 Å². The van der Waals surface area contributed by atoms with Gasteiger partial charge in [0.05, 0.1) is 0 Å². The first kappa shape index (κ1) is 5.60. The Balaban J connectivity index is 2.59. The average Bonchev–Trinajstić information content (AvgIpc) is 1.63. The first-order chi connectivity index (χ1) is 2.96. The predicted molar refractivity (Wildman–Crippen MR) is 25.0 cm³/mol. The Kier molecular flexibility index (Phi) is 0.854. The van der Waals surface area contributed by atoms with Crippen LogP contribution in [0, 0.1) is 0 Å². The Bertz CT molecular complexity index is 89.1. The van der Waals surface area contributed by atoms with E-state index in [0.717, 1.165) is 0 Å². The highest BCUT2D eigenvalue weighted by molar-refractivity contribution is 6.49. The van der Waals surface area contributed by atoms with Crippen molar-refractivity contribution in [2.75, 3.05) is 0 Å². The zero-order valence-electron chi connectivity index (χ0n) is 3.54. The van der Waals surface area contributed by atoms with Crippen molar-refractivity contribution in [3.8, 4) is 0 Å². The Morgan fingerprint density at radius 2 is 1.71 bits per heavy atom. The van der Waals surface area contributed by atoms with Gasteiger partial charge in [-0.05, 0) is 0 Å². The molecule has 7 heavy (non-hydrogen) atoms. The second-order valence-electron chi connectivity index (χ2n) is 1.54. The van der Waals surface area contributed by atoms with E-state index in [0.29, 0.717) is 0 Å². The lowest BCUT2D eigenvalue weighted by Crippen LogP contribution is -2.02. The summed E-state index contributed by atoms with van der Waals surface area (Å²) in [5.74, 6) is -1.82. The summed E-state index contributed by atoms with van der Waals surface area (Å²) in [6.45, 7) is 1.17. The van der Waals surface area contributed by atoms with Crippen LogP contribution in [0.4, 0.5) is 4.39 Å². The van der Waals surface area contributed by atoms with Gasteiger partial charge in [-0.1, -0.05) is 23.2 Å². The van der Waals surface area contributed by atoms with Crippen molar-refractivity contribution in [1.82, 2.24) is 0 Å². The van der Waals surface area contributed by atoms with E-state index < -0.39 is 10.4 Å². The lowest BCUT2D eigenvalue weighted by Gasteiger charge is -1.86. The zero-order valence-corrected chi connectivity index (χ0v) is 5.05. The van der Waals surface area contributed by atoms with Gasteiger partial charge in [-0.2, -0.15) is 0 Å². The summed E-state index contributed by atoms with van der Waals surface area (Å²) in [6, 6.07) is 0. The lowest BCUT2D eigenvalue weighted by molar-refractivity contribution is 0.162. The minimum Gasteiger partial charge on any atom is -0.300 e. The largest absolute Gasteiger partial charge is 0.300 e. The molecule has 0 bridgehead atoms. The minimum absolute atomic E-state index is 1.17. The molecular weight excluding hydrogens is 142 g/mol. The third kappa shape index (κ3) is 0.712. The van der Waals surface area contributed by atoms with E-state index in [1.54, 1.807) is 0 Å². The van der Waals surface area contributed by atoms with Gasteiger partial charge in [0.25, 0.3) is 10.4 Å². The van der Waals surface area contributed by atoms with Crippen LogP contribution in [-0.2, 0) is 4.74 Å². The Hall–Kier alpha value is 0.470. The van der Waals surface area contributed by atoms with Crippen molar-refractivity contribution >= 4 is 23.2 Å². The van der Waals surface area contributed by atoms with Gasteiger partial charge >= 0.3 is 0 Å². The molecule has 1 saturated heterocycles. The fourth-order valence-electron chi connectivity index (χ4n) is 0.215. The van der Waals surface area contributed by atoms with Crippen LogP contribution in [0.25, 0.3) is 0 Å². The lowest BCUT2D eigenvalue weighted by atomic mass is 10.5. The molecule has 0 amide bonds. The van der Waals surface area contributed by atoms with Crippen molar-refractivity contribution in [3.05, 3.63) is 0 Å². The van der Waals surface area contributed by atoms with E-state index in [9.17, 15) is 4.39 Å². The molecule has 1 fully saturated rings. The molecule has 0 aliphatic carbocycles. The van der Waals surface area contributed by atoms with E-state index in [1.807, 2.05) is 0 Å². The van der Waals surface area contributed by atoms with Crippen molar-refractivity contribution in [2.24, 2.45) is 0 Å². The molecule has 0 spiro atoms. The van der Waals surface area contributed by atoms with Crippen LogP contribution in [0.15, 0.2) is 0 Å². The number of hydrogen-bond acceptors (Lipinski definition) is 1. The molecule has 1 heterocycles. The summed E-state index contributed by atoms with van der Waals surface area (Å²) in [7, 11) is 0. The van der Waals surface area contributed by atoms with Gasteiger partial charge < -0.3 is 4.74 Å². The van der Waals surface area contributed by atoms with Crippen molar-refractivity contribution < 1.29 is 9.13 Å². The molecule has 0 aromatic heterocycles. The van der Waals surface area contributed by atoms with Crippen LogP contribution in [0.3, 0.4) is 0 Å². The molecule has 1 aliphatic heterocycles. The molecular formula is C3H3Cl2FO. The molecule has 0 radical (unpaired) electrons. The van der Waals surface area contributed by atoms with Crippen LogP contribution >= 0.6 is 23.2 Å². The van der Waals surface area contributed by atoms with Crippen LogP contribution in [0.1, 0.15) is 6.92 Å². The van der Waals surface area contributed by atoms with Gasteiger partial charge in [0.1, 0.15) is 0 Å². The van der Waals surface area contributed by atoms with Crippen molar-refractivity contribution in [1.29, 1.82) is 0 Å². The monoisotopic (exact) mass is 144 g/mol. The fourth-order valence-corrected chi connectivity index (χ4v) is 0.505. The Morgan fingerprint density at radius 3 is 1.71 bits per heavy atom. The van der Waals surface area contributed by atoms with E-state index in [4.69, 9.17) is 23.2 Å². The molecule has 0 N–H and O–H groups in total. The summed E-state index contributed by atoms with van der Waals surface area (Å²) < 4.78 is 14.7. The number of ether oxygens (including phenoxy) is 1. The normalized spacial score (nSPS) is 46.3. The summed E-state index contributed by atoms with van der Waals surface area (Å²) in [5, 5.41) is 0. The smallest absolute Gasteiger partial charge is 0.280 e. The number of alkyl halides is 3. The first-order valence-electron chi connectivity index (χ1n) is 1.73. The average molecular weight is 145 g/mol. The molecule has 1 aliphatic rings. The summed E-state index contributed by atoms with van der Waals surface area (Å²) in [4.78, 5) is 0. The maximum absolute atomic E-state index is 12.1. The van der Waals surface area contributed by atoms with Crippen molar-refractivity contribution in [2.45, 2.75) is 17.3 Å². The number of halogens is 3. The highest BCUT2D eigenvalue weighted by Crippen LogP contribution is 2.55. The zero-order chi connectivity index (χ0) is 5.71. The maximum Gasteiger partial charge on any atom is 0.280 e. The molecule has 0 aromatic rings. The Morgan fingerprint density at radius 1 is 1.57 bits per heavy atom. The molecule has 0 saturated carbocycles. The topological polar surface area (TPSA) is 12.5 Å². The van der Waals surface area contributed by atoms with Gasteiger partial charge in [-0.25, -0.2) is 4.39 Å². The highest BCUT2D eigenvalue weighted by atomic mass is 35.5. The van der Waals surface area contributed by atoms with Crippen LogP contribution in [0.2, 0.25) is 0 Å². The minimum atomic E-state index is -1.82. The molecule has 42 valence electrons. The quantitative estimate of drug-likeness (QED) is 0.374. The molecule has 1 rings (SSSR count). The molecule has 4 heteroatoms. The van der Waals surface area contributed by atoms with Gasteiger partial charge in [-0.3, -0.25) is 0 Å². The van der Waals surface area contributed by atoms with E-state index in [2.05, 4.69) is 4.74 Å². The number of rotatable bonds is 0. The van der Waals surface area contributed by atoms with Gasteiger partial charge in [0.15, 0.2) is 0 Å². The van der Waals surface area contributed by atoms with Gasteiger partial charge in [-0.15, -0.1) is 0 Å². The van der Waals surface area contributed by atoms with Crippen LogP contribution in [-0.4, -0.2) is 10.4 Å². The molecule has 1 atom stereocenters. The van der Waals surface area contributed by atoms with Gasteiger partial charge in [0, 0.05) is 6.92 Å². The number of hydrogen-bond donors (Lipinski definition) is 0. The summed E-state index contributed by atoms with van der Waals surface area (Å²) >= 11 is 10.2. The second-order valence-corrected chi connectivity index (χ2v) is 2.79. The summed E-state index contributed by atoms with van der Waals surface area (Å²) in [6.07, 6.45) is 0. The van der Waals surface area contributed by atoms with E-state index in [-0.39, 0.29) is 0 Å². The standard InChI is InChI=1S/C3H3Cl2FO/c1-2(6)3(4,5)7-2/h1H3. The first-order valence-corrected chi connectivity index (χ1v) is 2.48. The number of epoxide rings is 1. The second kappa shape index (κ2) is 1.07. The van der Waals surface area contributed by atoms with E-state index >= 15 is 0 Å². The fraction of sp³-hybridized carbons (Fsp3) is 1.00. The van der Waals surface area contributed by atoms with Crippen LogP contribution < -0.4 is 0 Å². The molecule has 1 unspecified atom stereocenters. The molecule has 1 nitrogen and oxygen atoms in total. The highest BCUT2D eigenvalue weighted by Gasteiger charge is 2.67. The maximum atomic E-state index is 12.1. The van der Waals surface area contributed by atoms with E-state index in [1.165, 1.54) is 6.92 Å². The van der Waals surface area contributed by atoms with Crippen LogP contribution in [0.5, 0.6) is 0 Å².